The van der Waals surface area contributed by atoms with Crippen LogP contribution in [0.4, 0.5) is 9.18 Å². The molecule has 7 nitrogen and oxygen atoms in total. The first-order valence-corrected chi connectivity index (χ1v) is 12.7. The molecular formula is C26H33FN4O3S. The summed E-state index contributed by atoms with van der Waals surface area (Å²) >= 11 is 1.51. The Kier molecular flexibility index (Phi) is 6.76. The van der Waals surface area contributed by atoms with E-state index in [0.29, 0.717) is 0 Å². The molecule has 0 spiro atoms. The first-order valence-electron chi connectivity index (χ1n) is 11.9. The highest BCUT2D eigenvalue weighted by Gasteiger charge is 2.52. The van der Waals surface area contributed by atoms with Crippen LogP contribution in [0.15, 0.2) is 24.8 Å². The molecule has 2 amide bonds. The molecule has 4 rings (SSSR count). The van der Waals surface area contributed by atoms with Crippen LogP contribution in [0, 0.1) is 25.6 Å². The average Bonchev–Trinajstić information content (AvgIpc) is 3.46. The Balaban J connectivity index is 1.47. The van der Waals surface area contributed by atoms with E-state index < -0.39 is 29.7 Å². The molecule has 1 aliphatic carbocycles. The second kappa shape index (κ2) is 9.35. The third-order valence-corrected chi connectivity index (χ3v) is 7.73. The van der Waals surface area contributed by atoms with Crippen LogP contribution in [0.2, 0.25) is 0 Å². The van der Waals surface area contributed by atoms with E-state index in [4.69, 9.17) is 10.5 Å². The molecule has 2 bridgehead atoms. The predicted molar refractivity (Wildman–Crippen MR) is 135 cm³/mol. The van der Waals surface area contributed by atoms with Gasteiger partial charge in [0.25, 0.3) is 0 Å². The summed E-state index contributed by atoms with van der Waals surface area (Å²) in [6.07, 6.45) is 0.982. The molecule has 0 radical (unpaired) electrons. The van der Waals surface area contributed by atoms with E-state index in [1.165, 1.54) is 17.4 Å². The number of hydrogen-bond donors (Lipinski definition) is 2. The molecule has 1 aliphatic heterocycles. The molecule has 2 aromatic rings. The second-order valence-electron chi connectivity index (χ2n) is 10.4. The van der Waals surface area contributed by atoms with Crippen LogP contribution in [-0.4, -0.2) is 45.7 Å². The maximum atomic E-state index is 15.1. The first kappa shape index (κ1) is 25.3. The molecule has 1 saturated heterocycles. The van der Waals surface area contributed by atoms with Gasteiger partial charge in [-0.3, -0.25) is 9.69 Å². The highest BCUT2D eigenvalue weighted by atomic mass is 32.1. The molecule has 4 atom stereocenters. The summed E-state index contributed by atoms with van der Waals surface area (Å²) in [6, 6.07) is 4.19. The standard InChI is InChI=1S/C26H33FN4O3S/c1-13(19-10-8-17(12-20(19)27)22-14(2)29-15(3)35-22)23(28)30-24(32)21-16-7-9-18(11-16)31(21)25(33)34-26(4,5)6/h8,10,12,16,18,21,23H,1,7,9,11,28H2,2-6H3,(H,30,32). The van der Waals surface area contributed by atoms with Crippen LogP contribution < -0.4 is 11.1 Å². The molecule has 4 unspecified atom stereocenters. The van der Waals surface area contributed by atoms with Crippen molar-refractivity contribution in [3.63, 3.8) is 0 Å². The minimum atomic E-state index is -1.00. The summed E-state index contributed by atoms with van der Waals surface area (Å²) < 4.78 is 20.6. The molecule has 1 aromatic heterocycles. The number of halogens is 1. The van der Waals surface area contributed by atoms with Crippen LogP contribution in [0.3, 0.4) is 0 Å². The zero-order valence-electron chi connectivity index (χ0n) is 20.9. The molecule has 1 saturated carbocycles. The van der Waals surface area contributed by atoms with Crippen molar-refractivity contribution >= 4 is 28.9 Å². The lowest BCUT2D eigenvalue weighted by molar-refractivity contribution is -0.128. The zero-order valence-corrected chi connectivity index (χ0v) is 21.7. The van der Waals surface area contributed by atoms with Crippen molar-refractivity contribution in [2.75, 3.05) is 0 Å². The van der Waals surface area contributed by atoms with Crippen LogP contribution in [0.1, 0.15) is 56.3 Å². The number of nitrogens with two attached hydrogens (primary N) is 1. The lowest BCUT2D eigenvalue weighted by atomic mass is 9.97. The molecule has 9 heteroatoms. The van der Waals surface area contributed by atoms with Gasteiger partial charge in [0.2, 0.25) is 5.91 Å². The van der Waals surface area contributed by atoms with Gasteiger partial charge >= 0.3 is 6.09 Å². The van der Waals surface area contributed by atoms with Gasteiger partial charge in [0.05, 0.1) is 15.6 Å². The normalized spacial score (nSPS) is 22.3. The summed E-state index contributed by atoms with van der Waals surface area (Å²) in [5, 5.41) is 3.67. The number of piperidine rings is 1. The van der Waals surface area contributed by atoms with E-state index >= 15 is 4.39 Å². The topological polar surface area (TPSA) is 97.5 Å². The maximum absolute atomic E-state index is 15.1. The smallest absolute Gasteiger partial charge is 0.411 e. The lowest BCUT2D eigenvalue weighted by Crippen LogP contribution is -2.56. The highest BCUT2D eigenvalue weighted by molar-refractivity contribution is 7.15. The molecule has 3 N–H and O–H groups in total. The van der Waals surface area contributed by atoms with Crippen LogP contribution in [0.25, 0.3) is 16.0 Å². The number of rotatable bonds is 5. The summed E-state index contributed by atoms with van der Waals surface area (Å²) in [5.74, 6) is -0.794. The van der Waals surface area contributed by atoms with E-state index in [1.54, 1.807) is 37.8 Å². The number of nitrogens with one attached hydrogen (secondary N) is 1. The average molecular weight is 501 g/mol. The Hall–Kier alpha value is -2.78. The van der Waals surface area contributed by atoms with Gasteiger partial charge in [-0.15, -0.1) is 11.3 Å². The molecule has 2 fully saturated rings. The second-order valence-corrected chi connectivity index (χ2v) is 11.6. The fraction of sp³-hybridized carbons (Fsp3) is 0.500. The predicted octanol–water partition coefficient (Wildman–Crippen LogP) is 4.77. The van der Waals surface area contributed by atoms with E-state index in [2.05, 4.69) is 16.9 Å². The number of benzene rings is 1. The quantitative estimate of drug-likeness (QED) is 0.577. The Labute approximate surface area is 209 Å². The third-order valence-electron chi connectivity index (χ3n) is 6.61. The van der Waals surface area contributed by atoms with Gasteiger partial charge in [-0.2, -0.15) is 0 Å². The van der Waals surface area contributed by atoms with Gasteiger partial charge in [0.1, 0.15) is 23.6 Å². The fourth-order valence-corrected chi connectivity index (χ4v) is 6.03. The number of aryl methyl sites for hydroxylation is 2. The maximum Gasteiger partial charge on any atom is 0.411 e. The van der Waals surface area contributed by atoms with E-state index in [9.17, 15) is 9.59 Å². The summed E-state index contributed by atoms with van der Waals surface area (Å²) in [5.41, 5.74) is 7.65. The monoisotopic (exact) mass is 500 g/mol. The van der Waals surface area contributed by atoms with Crippen molar-refractivity contribution in [2.45, 2.75) is 77.7 Å². The zero-order chi connectivity index (χ0) is 25.7. The van der Waals surface area contributed by atoms with Crippen molar-refractivity contribution in [3.05, 3.63) is 46.9 Å². The van der Waals surface area contributed by atoms with Crippen molar-refractivity contribution in [3.8, 4) is 10.4 Å². The van der Waals surface area contributed by atoms with Crippen molar-refractivity contribution < 1.29 is 18.7 Å². The largest absolute Gasteiger partial charge is 0.444 e. The Morgan fingerprint density at radius 3 is 2.63 bits per heavy atom. The highest BCUT2D eigenvalue weighted by Crippen LogP contribution is 2.43. The third kappa shape index (κ3) is 5.11. The van der Waals surface area contributed by atoms with Gasteiger partial charge in [-0.1, -0.05) is 18.7 Å². The Morgan fingerprint density at radius 2 is 2.03 bits per heavy atom. The Bertz CT molecular complexity index is 1170. The van der Waals surface area contributed by atoms with Crippen LogP contribution >= 0.6 is 11.3 Å². The number of nitrogens with zero attached hydrogens (tertiary/aromatic N) is 2. The number of thiazole rings is 1. The SMILES string of the molecule is C=C(c1ccc(-c2sc(C)nc2C)cc1F)C(N)NC(=O)C1C2CCC(C2)N1C(=O)OC(C)(C)C. The number of ether oxygens (including phenoxy) is 1. The molecule has 2 aliphatic rings. The van der Waals surface area contributed by atoms with Gasteiger partial charge < -0.3 is 15.8 Å². The number of carbonyl (C=O) groups excluding carboxylic acids is 2. The number of likely N-dealkylation sites (tertiary alicyclic amines) is 1. The number of fused-ring (bicyclic) bond motifs is 2. The van der Waals surface area contributed by atoms with Crippen molar-refractivity contribution in [1.29, 1.82) is 0 Å². The van der Waals surface area contributed by atoms with E-state index in [1.807, 2.05) is 13.8 Å². The van der Waals surface area contributed by atoms with Crippen molar-refractivity contribution in [2.24, 2.45) is 11.7 Å². The van der Waals surface area contributed by atoms with E-state index in [-0.39, 0.29) is 29.0 Å². The van der Waals surface area contributed by atoms with Crippen molar-refractivity contribution in [1.82, 2.24) is 15.2 Å². The van der Waals surface area contributed by atoms with Gasteiger partial charge in [0, 0.05) is 11.6 Å². The summed E-state index contributed by atoms with van der Waals surface area (Å²) in [7, 11) is 0. The minimum Gasteiger partial charge on any atom is -0.444 e. The summed E-state index contributed by atoms with van der Waals surface area (Å²) in [6.45, 7) is 13.1. The first-order chi connectivity index (χ1) is 16.4. The van der Waals surface area contributed by atoms with Gasteiger partial charge in [-0.05, 0) is 77.0 Å². The number of aromatic nitrogens is 1. The molecular weight excluding hydrogens is 467 g/mol. The minimum absolute atomic E-state index is 0.0196. The van der Waals surface area contributed by atoms with Gasteiger partial charge in [0.15, 0.2) is 0 Å². The fourth-order valence-electron chi connectivity index (χ4n) is 5.11. The molecule has 188 valence electrons. The van der Waals surface area contributed by atoms with Crippen LogP contribution in [-0.2, 0) is 9.53 Å². The number of carbonyl (C=O) groups is 2. The van der Waals surface area contributed by atoms with E-state index in [0.717, 1.165) is 40.4 Å². The number of amides is 2. The molecule has 35 heavy (non-hydrogen) atoms. The number of hydrogen-bond acceptors (Lipinski definition) is 6. The van der Waals surface area contributed by atoms with Gasteiger partial charge in [-0.25, -0.2) is 14.2 Å². The molecule has 1 aromatic carbocycles. The lowest BCUT2D eigenvalue weighted by Gasteiger charge is -2.36. The summed E-state index contributed by atoms with van der Waals surface area (Å²) in [4.78, 5) is 33.0. The Morgan fingerprint density at radius 1 is 1.31 bits per heavy atom. The van der Waals surface area contributed by atoms with Crippen LogP contribution in [0.5, 0.6) is 0 Å². The molecule has 2 heterocycles.